The number of amides is 1. The summed E-state index contributed by atoms with van der Waals surface area (Å²) in [5.41, 5.74) is 2.12. The first-order valence-electron chi connectivity index (χ1n) is 8.99. The Morgan fingerprint density at radius 1 is 1.13 bits per heavy atom. The SMILES string of the molecule is O=C(CC1CCCC1)Nc1ccccc1CN1CCC(O)CC1. The number of carbonyl (C=O) groups is 1. The number of aliphatic hydroxyl groups excluding tert-OH is 1. The minimum atomic E-state index is -0.146. The van der Waals surface area contributed by atoms with Crippen molar-refractivity contribution in [3.05, 3.63) is 29.8 Å². The van der Waals surface area contributed by atoms with Crippen molar-refractivity contribution in [3.8, 4) is 0 Å². The van der Waals surface area contributed by atoms with Gasteiger partial charge in [0.1, 0.15) is 0 Å². The molecule has 2 N–H and O–H groups in total. The molecule has 4 nitrogen and oxygen atoms in total. The number of nitrogens with zero attached hydrogens (tertiary/aromatic N) is 1. The fourth-order valence-electron chi connectivity index (χ4n) is 3.78. The van der Waals surface area contributed by atoms with Crippen LogP contribution >= 0.6 is 0 Å². The normalized spacial score (nSPS) is 20.7. The number of piperidine rings is 1. The summed E-state index contributed by atoms with van der Waals surface area (Å²) in [6.07, 6.45) is 7.14. The lowest BCUT2D eigenvalue weighted by Gasteiger charge is -2.30. The zero-order chi connectivity index (χ0) is 16.1. The quantitative estimate of drug-likeness (QED) is 0.877. The highest BCUT2D eigenvalue weighted by Gasteiger charge is 2.20. The first-order chi connectivity index (χ1) is 11.2. The van der Waals surface area contributed by atoms with E-state index in [-0.39, 0.29) is 12.0 Å². The van der Waals surface area contributed by atoms with Crippen LogP contribution in [0.4, 0.5) is 5.69 Å². The van der Waals surface area contributed by atoms with Crippen molar-refractivity contribution in [2.45, 2.75) is 57.6 Å². The Balaban J connectivity index is 1.57. The fraction of sp³-hybridized carbons (Fsp3) is 0.632. The van der Waals surface area contributed by atoms with Crippen LogP contribution in [0.1, 0.15) is 50.5 Å². The monoisotopic (exact) mass is 316 g/mol. The Morgan fingerprint density at radius 3 is 2.57 bits per heavy atom. The minimum Gasteiger partial charge on any atom is -0.393 e. The maximum absolute atomic E-state index is 12.3. The lowest BCUT2D eigenvalue weighted by molar-refractivity contribution is -0.117. The lowest BCUT2D eigenvalue weighted by atomic mass is 10.0. The number of anilines is 1. The number of hydrogen-bond donors (Lipinski definition) is 2. The van der Waals surface area contributed by atoms with Gasteiger partial charge in [-0.05, 0) is 43.2 Å². The van der Waals surface area contributed by atoms with E-state index in [1.165, 1.54) is 31.2 Å². The van der Waals surface area contributed by atoms with Gasteiger partial charge in [0.2, 0.25) is 5.91 Å². The van der Waals surface area contributed by atoms with Gasteiger partial charge in [0.25, 0.3) is 0 Å². The summed E-state index contributed by atoms with van der Waals surface area (Å²) in [6.45, 7) is 2.68. The summed E-state index contributed by atoms with van der Waals surface area (Å²) in [7, 11) is 0. The topological polar surface area (TPSA) is 52.6 Å². The van der Waals surface area contributed by atoms with E-state index in [4.69, 9.17) is 0 Å². The summed E-state index contributed by atoms with van der Waals surface area (Å²) in [5.74, 6) is 0.726. The van der Waals surface area contributed by atoms with E-state index in [9.17, 15) is 9.90 Å². The summed E-state index contributed by atoms with van der Waals surface area (Å²) in [4.78, 5) is 14.7. The maximum atomic E-state index is 12.3. The Morgan fingerprint density at radius 2 is 1.83 bits per heavy atom. The molecule has 1 aromatic rings. The molecule has 2 aliphatic rings. The van der Waals surface area contributed by atoms with Crippen molar-refractivity contribution in [1.82, 2.24) is 4.90 Å². The van der Waals surface area contributed by atoms with Crippen LogP contribution in [0.3, 0.4) is 0 Å². The van der Waals surface area contributed by atoms with Crippen molar-refractivity contribution >= 4 is 11.6 Å². The van der Waals surface area contributed by atoms with E-state index < -0.39 is 0 Å². The number of aliphatic hydroxyl groups is 1. The van der Waals surface area contributed by atoms with Gasteiger partial charge >= 0.3 is 0 Å². The Labute approximate surface area is 138 Å². The van der Waals surface area contributed by atoms with E-state index in [0.717, 1.165) is 38.2 Å². The van der Waals surface area contributed by atoms with Gasteiger partial charge in [-0.3, -0.25) is 9.69 Å². The van der Waals surface area contributed by atoms with Crippen LogP contribution in [0.15, 0.2) is 24.3 Å². The minimum absolute atomic E-state index is 0.146. The van der Waals surface area contributed by atoms with E-state index in [1.807, 2.05) is 18.2 Å². The van der Waals surface area contributed by atoms with Gasteiger partial charge in [-0.15, -0.1) is 0 Å². The standard InChI is InChI=1S/C19H28N2O2/c22-17-9-11-21(12-10-17)14-16-7-3-4-8-18(16)20-19(23)13-15-5-1-2-6-15/h3-4,7-8,15,17,22H,1-2,5-6,9-14H2,(H,20,23). The molecule has 1 amide bonds. The van der Waals surface area contributed by atoms with Crippen LogP contribution in [0, 0.1) is 5.92 Å². The zero-order valence-corrected chi connectivity index (χ0v) is 13.8. The number of nitrogens with one attached hydrogen (secondary N) is 1. The third-order valence-electron chi connectivity index (χ3n) is 5.19. The molecule has 1 aliphatic carbocycles. The molecular weight excluding hydrogens is 288 g/mol. The zero-order valence-electron chi connectivity index (χ0n) is 13.8. The summed E-state index contributed by atoms with van der Waals surface area (Å²) in [5, 5.41) is 12.7. The molecule has 0 aromatic heterocycles. The average molecular weight is 316 g/mol. The molecule has 0 atom stereocenters. The van der Waals surface area contributed by atoms with Crippen LogP contribution in [0.25, 0.3) is 0 Å². The van der Waals surface area contributed by atoms with E-state index >= 15 is 0 Å². The molecule has 1 aliphatic heterocycles. The van der Waals surface area contributed by atoms with Crippen LogP contribution in [0.5, 0.6) is 0 Å². The van der Waals surface area contributed by atoms with Crippen molar-refractivity contribution in [3.63, 3.8) is 0 Å². The molecule has 3 rings (SSSR count). The molecule has 2 fully saturated rings. The first-order valence-corrected chi connectivity index (χ1v) is 8.99. The van der Waals surface area contributed by atoms with Gasteiger partial charge in [-0.1, -0.05) is 31.0 Å². The average Bonchev–Trinajstić information content (AvgIpc) is 3.04. The molecule has 1 saturated carbocycles. The van der Waals surface area contributed by atoms with Gasteiger partial charge in [0.15, 0.2) is 0 Å². The first kappa shape index (κ1) is 16.5. The maximum Gasteiger partial charge on any atom is 0.224 e. The van der Waals surface area contributed by atoms with Gasteiger partial charge in [0.05, 0.1) is 6.10 Å². The van der Waals surface area contributed by atoms with Crippen molar-refractivity contribution in [1.29, 1.82) is 0 Å². The van der Waals surface area contributed by atoms with Gasteiger partial charge < -0.3 is 10.4 Å². The number of hydrogen-bond acceptors (Lipinski definition) is 3. The molecule has 1 heterocycles. The smallest absolute Gasteiger partial charge is 0.224 e. The third-order valence-corrected chi connectivity index (χ3v) is 5.19. The van der Waals surface area contributed by atoms with Crippen LogP contribution in [-0.2, 0) is 11.3 Å². The van der Waals surface area contributed by atoms with Crippen molar-refractivity contribution in [2.24, 2.45) is 5.92 Å². The number of carbonyl (C=O) groups excluding carboxylic acids is 1. The molecule has 0 radical (unpaired) electrons. The molecule has 4 heteroatoms. The Kier molecular flexibility index (Phi) is 5.68. The van der Waals surface area contributed by atoms with Crippen LogP contribution in [0.2, 0.25) is 0 Å². The lowest BCUT2D eigenvalue weighted by Crippen LogP contribution is -2.35. The van der Waals surface area contributed by atoms with Crippen LogP contribution < -0.4 is 5.32 Å². The number of likely N-dealkylation sites (tertiary alicyclic amines) is 1. The molecule has 0 spiro atoms. The second-order valence-corrected chi connectivity index (χ2v) is 7.07. The highest BCUT2D eigenvalue weighted by molar-refractivity contribution is 5.91. The Bertz CT molecular complexity index is 518. The number of rotatable bonds is 5. The largest absolute Gasteiger partial charge is 0.393 e. The summed E-state index contributed by atoms with van der Waals surface area (Å²) < 4.78 is 0. The van der Waals surface area contributed by atoms with Crippen molar-refractivity contribution in [2.75, 3.05) is 18.4 Å². The van der Waals surface area contributed by atoms with E-state index in [1.54, 1.807) is 0 Å². The summed E-state index contributed by atoms with van der Waals surface area (Å²) in [6, 6.07) is 8.10. The van der Waals surface area contributed by atoms with E-state index in [0.29, 0.717) is 12.3 Å². The highest BCUT2D eigenvalue weighted by atomic mass is 16.3. The fourth-order valence-corrected chi connectivity index (χ4v) is 3.78. The second kappa shape index (κ2) is 7.93. The number of para-hydroxylation sites is 1. The van der Waals surface area contributed by atoms with Gasteiger partial charge in [-0.25, -0.2) is 0 Å². The molecule has 126 valence electrons. The van der Waals surface area contributed by atoms with Gasteiger partial charge in [0, 0.05) is 31.7 Å². The molecule has 1 saturated heterocycles. The molecule has 0 bridgehead atoms. The predicted octanol–water partition coefficient (Wildman–Crippen LogP) is 3.16. The molecule has 1 aromatic carbocycles. The molecule has 0 unspecified atom stereocenters. The third kappa shape index (κ3) is 4.79. The molecular formula is C19H28N2O2. The second-order valence-electron chi connectivity index (χ2n) is 7.07. The van der Waals surface area contributed by atoms with Crippen LogP contribution in [-0.4, -0.2) is 35.1 Å². The Hall–Kier alpha value is -1.39. The van der Waals surface area contributed by atoms with Gasteiger partial charge in [-0.2, -0.15) is 0 Å². The van der Waals surface area contributed by atoms with Crippen molar-refractivity contribution < 1.29 is 9.90 Å². The molecule has 23 heavy (non-hydrogen) atoms. The predicted molar refractivity (Wildman–Crippen MR) is 92.2 cm³/mol. The number of benzene rings is 1. The van der Waals surface area contributed by atoms with E-state index in [2.05, 4.69) is 16.3 Å². The highest BCUT2D eigenvalue weighted by Crippen LogP contribution is 2.28. The summed E-state index contributed by atoms with van der Waals surface area (Å²) >= 11 is 0.